The first-order valence-corrected chi connectivity index (χ1v) is 7.62. The molecule has 2 aliphatic rings. The van der Waals surface area contributed by atoms with Crippen molar-refractivity contribution in [3.63, 3.8) is 0 Å². The maximum atomic E-state index is 12.3. The second-order valence-electron chi connectivity index (χ2n) is 6.45. The van der Waals surface area contributed by atoms with Crippen molar-refractivity contribution in [2.24, 2.45) is 11.8 Å². The normalized spacial score (nSPS) is 31.4. The lowest BCUT2D eigenvalue weighted by Gasteiger charge is -2.31. The number of amides is 1. The molecule has 1 saturated heterocycles. The van der Waals surface area contributed by atoms with E-state index in [0.29, 0.717) is 23.3 Å². The molecule has 3 nitrogen and oxygen atoms in total. The number of aldehydes is 1. The highest BCUT2D eigenvalue weighted by Crippen LogP contribution is 2.42. The zero-order valence-corrected chi connectivity index (χ0v) is 12.7. The van der Waals surface area contributed by atoms with Crippen LogP contribution in [0.4, 0.5) is 0 Å². The van der Waals surface area contributed by atoms with Gasteiger partial charge >= 0.3 is 0 Å². The van der Waals surface area contributed by atoms with E-state index < -0.39 is 0 Å². The average Bonchev–Trinajstić information content (AvgIpc) is 2.68. The highest BCUT2D eigenvalue weighted by Gasteiger charge is 2.36. The second-order valence-corrected chi connectivity index (χ2v) is 6.45. The van der Waals surface area contributed by atoms with Crippen LogP contribution in [0.25, 0.3) is 6.08 Å². The molecule has 1 heterocycles. The number of fused-ring (bicyclic) bond motifs is 3. The van der Waals surface area contributed by atoms with Gasteiger partial charge in [-0.1, -0.05) is 26.0 Å². The predicted molar refractivity (Wildman–Crippen MR) is 83.1 cm³/mol. The van der Waals surface area contributed by atoms with Gasteiger partial charge in [0.2, 0.25) is 5.91 Å². The zero-order chi connectivity index (χ0) is 15.1. The highest BCUT2D eigenvalue weighted by atomic mass is 16.1. The summed E-state index contributed by atoms with van der Waals surface area (Å²) in [5.74, 6) is 1.20. The van der Waals surface area contributed by atoms with E-state index in [1.165, 1.54) is 5.56 Å². The summed E-state index contributed by atoms with van der Waals surface area (Å²) in [5, 5.41) is 3.10. The summed E-state index contributed by atoms with van der Waals surface area (Å²) in [6, 6.07) is 5.94. The standard InChI is InChI=1S/C18H21NO2/c1-10-12(3)19-18(21)15-7-14-5-4-13(9-20)6-17(14)11(2)16(10)8-15/h4-7,9-12,16H,8H2,1-3H3,(H,19,21). The van der Waals surface area contributed by atoms with Gasteiger partial charge in [-0.2, -0.15) is 0 Å². The SMILES string of the molecule is CC1NC(=O)C2=Cc3ccc(C=O)cc3C(C)C(C2)C1C. The van der Waals surface area contributed by atoms with Gasteiger partial charge in [0, 0.05) is 17.2 Å². The van der Waals surface area contributed by atoms with Gasteiger partial charge in [0.25, 0.3) is 0 Å². The second kappa shape index (κ2) is 5.14. The molecule has 110 valence electrons. The van der Waals surface area contributed by atoms with E-state index >= 15 is 0 Å². The summed E-state index contributed by atoms with van der Waals surface area (Å²) in [6.45, 7) is 6.51. The third-order valence-corrected chi connectivity index (χ3v) is 5.28. The number of carbonyl (C=O) groups is 2. The minimum atomic E-state index is 0.0522. The number of hydrogen-bond donors (Lipinski definition) is 1. The molecular weight excluding hydrogens is 262 g/mol. The third-order valence-electron chi connectivity index (χ3n) is 5.28. The minimum Gasteiger partial charge on any atom is -0.350 e. The van der Waals surface area contributed by atoms with Crippen molar-refractivity contribution in [1.29, 1.82) is 0 Å². The van der Waals surface area contributed by atoms with E-state index in [1.807, 2.05) is 24.3 Å². The van der Waals surface area contributed by atoms with Crippen molar-refractivity contribution >= 4 is 18.3 Å². The first-order chi connectivity index (χ1) is 10.0. The van der Waals surface area contributed by atoms with Crippen molar-refractivity contribution in [2.45, 2.75) is 39.2 Å². The molecule has 1 aliphatic carbocycles. The summed E-state index contributed by atoms with van der Waals surface area (Å²) in [5.41, 5.74) is 3.83. The van der Waals surface area contributed by atoms with E-state index in [2.05, 4.69) is 26.1 Å². The lowest BCUT2D eigenvalue weighted by atomic mass is 9.75. The summed E-state index contributed by atoms with van der Waals surface area (Å²) >= 11 is 0. The van der Waals surface area contributed by atoms with E-state index in [-0.39, 0.29) is 11.9 Å². The Bertz CT molecular complexity index is 632. The summed E-state index contributed by atoms with van der Waals surface area (Å²) < 4.78 is 0. The Morgan fingerprint density at radius 2 is 2.00 bits per heavy atom. The fourth-order valence-electron chi connectivity index (χ4n) is 3.70. The molecule has 1 fully saturated rings. The van der Waals surface area contributed by atoms with Gasteiger partial charge in [-0.05, 0) is 54.4 Å². The maximum Gasteiger partial charge on any atom is 0.247 e. The lowest BCUT2D eigenvalue weighted by Crippen LogP contribution is -2.37. The Morgan fingerprint density at radius 1 is 1.24 bits per heavy atom. The van der Waals surface area contributed by atoms with Gasteiger partial charge in [0.15, 0.2) is 0 Å². The molecule has 1 amide bonds. The molecule has 4 atom stereocenters. The van der Waals surface area contributed by atoms with Crippen molar-refractivity contribution in [3.8, 4) is 0 Å². The molecule has 0 saturated carbocycles. The first kappa shape index (κ1) is 14.1. The van der Waals surface area contributed by atoms with Crippen LogP contribution >= 0.6 is 0 Å². The van der Waals surface area contributed by atoms with Crippen LogP contribution in [0.2, 0.25) is 0 Å². The van der Waals surface area contributed by atoms with Gasteiger partial charge in [-0.15, -0.1) is 0 Å². The van der Waals surface area contributed by atoms with E-state index in [1.54, 1.807) is 0 Å². The molecule has 4 unspecified atom stereocenters. The monoisotopic (exact) mass is 283 g/mol. The quantitative estimate of drug-likeness (QED) is 0.805. The molecule has 0 spiro atoms. The van der Waals surface area contributed by atoms with Crippen molar-refractivity contribution in [1.82, 2.24) is 5.32 Å². The molecule has 21 heavy (non-hydrogen) atoms. The summed E-state index contributed by atoms with van der Waals surface area (Å²) in [6.07, 6.45) is 3.70. The van der Waals surface area contributed by atoms with Gasteiger partial charge < -0.3 is 5.32 Å². The van der Waals surface area contributed by atoms with Crippen LogP contribution in [0.5, 0.6) is 0 Å². The molecule has 3 rings (SSSR count). The molecule has 0 aromatic heterocycles. The van der Waals surface area contributed by atoms with Gasteiger partial charge in [-0.3, -0.25) is 9.59 Å². The van der Waals surface area contributed by atoms with Gasteiger partial charge in [0.1, 0.15) is 6.29 Å². The van der Waals surface area contributed by atoms with Gasteiger partial charge in [0.05, 0.1) is 0 Å². The van der Waals surface area contributed by atoms with E-state index in [4.69, 9.17) is 0 Å². The van der Waals surface area contributed by atoms with Crippen LogP contribution in [-0.4, -0.2) is 18.2 Å². The molecular formula is C18H21NO2. The zero-order valence-electron chi connectivity index (χ0n) is 12.7. The van der Waals surface area contributed by atoms with Gasteiger partial charge in [-0.25, -0.2) is 0 Å². The third kappa shape index (κ3) is 2.31. The molecule has 1 aromatic rings. The number of rotatable bonds is 1. The Labute approximate surface area is 125 Å². The fourth-order valence-corrected chi connectivity index (χ4v) is 3.70. The Hall–Kier alpha value is -1.90. The maximum absolute atomic E-state index is 12.3. The number of hydrogen-bond acceptors (Lipinski definition) is 2. The Kier molecular flexibility index (Phi) is 3.44. The molecule has 0 radical (unpaired) electrons. The summed E-state index contributed by atoms with van der Waals surface area (Å²) in [4.78, 5) is 23.4. The number of carbonyl (C=O) groups excluding carboxylic acids is 2. The predicted octanol–water partition coefficient (Wildman–Crippen LogP) is 3.16. The van der Waals surface area contributed by atoms with Crippen LogP contribution in [0.3, 0.4) is 0 Å². The average molecular weight is 283 g/mol. The smallest absolute Gasteiger partial charge is 0.247 e. The highest BCUT2D eigenvalue weighted by molar-refractivity contribution is 5.99. The first-order valence-electron chi connectivity index (χ1n) is 7.62. The molecule has 3 heteroatoms. The van der Waals surface area contributed by atoms with Crippen molar-refractivity contribution in [3.05, 3.63) is 40.5 Å². The van der Waals surface area contributed by atoms with Crippen LogP contribution in [0.15, 0.2) is 23.8 Å². The van der Waals surface area contributed by atoms with Crippen molar-refractivity contribution in [2.75, 3.05) is 0 Å². The van der Waals surface area contributed by atoms with Crippen LogP contribution in [0.1, 0.15) is 54.6 Å². The number of nitrogens with one attached hydrogen (secondary N) is 1. The summed E-state index contributed by atoms with van der Waals surface area (Å²) in [7, 11) is 0. The topological polar surface area (TPSA) is 46.2 Å². The molecule has 1 aliphatic heterocycles. The number of benzene rings is 1. The van der Waals surface area contributed by atoms with Crippen LogP contribution in [0, 0.1) is 11.8 Å². The van der Waals surface area contributed by atoms with Crippen molar-refractivity contribution < 1.29 is 9.59 Å². The van der Waals surface area contributed by atoms with Crippen LogP contribution < -0.4 is 5.32 Å². The fraction of sp³-hybridized carbons (Fsp3) is 0.444. The minimum absolute atomic E-state index is 0.0522. The van der Waals surface area contributed by atoms with Crippen LogP contribution in [-0.2, 0) is 4.79 Å². The molecule has 1 N–H and O–H groups in total. The lowest BCUT2D eigenvalue weighted by molar-refractivity contribution is -0.118. The Balaban J connectivity index is 2.17. The van der Waals surface area contributed by atoms with E-state index in [9.17, 15) is 9.59 Å². The Morgan fingerprint density at radius 3 is 2.71 bits per heavy atom. The molecule has 2 bridgehead atoms. The van der Waals surface area contributed by atoms with E-state index in [0.717, 1.165) is 23.8 Å². The molecule has 1 aromatic carbocycles. The largest absolute Gasteiger partial charge is 0.350 e.